The monoisotopic (exact) mass is 395 g/mol. The van der Waals surface area contributed by atoms with Gasteiger partial charge in [-0.2, -0.15) is 0 Å². The molecule has 0 atom stereocenters. The van der Waals surface area contributed by atoms with E-state index in [2.05, 4.69) is 100 Å². The number of fused-ring (bicyclic) bond motifs is 3. The average Bonchev–Trinajstić information content (AvgIpc) is 2.96. The minimum atomic E-state index is 0.00671. The molecule has 0 bridgehead atoms. The van der Waals surface area contributed by atoms with Gasteiger partial charge in [-0.25, -0.2) is 0 Å². The van der Waals surface area contributed by atoms with Crippen LogP contribution in [0.25, 0.3) is 16.7 Å². The van der Waals surface area contributed by atoms with E-state index in [1.165, 1.54) is 50.3 Å². The molecule has 1 nitrogen and oxygen atoms in total. The van der Waals surface area contributed by atoms with Gasteiger partial charge in [-0.3, -0.25) is 0 Å². The summed E-state index contributed by atoms with van der Waals surface area (Å²) in [5.41, 5.74) is 11.9. The largest absolute Gasteiger partial charge is 0.358 e. The van der Waals surface area contributed by atoms with Gasteiger partial charge in [-0.15, -0.1) is 0 Å². The molecule has 4 rings (SSSR count). The topological polar surface area (TPSA) is 12.0 Å². The van der Waals surface area contributed by atoms with Gasteiger partial charge in [0.2, 0.25) is 0 Å². The molecular weight excluding hydrogens is 362 g/mol. The first-order chi connectivity index (χ1) is 14.4. The minimum Gasteiger partial charge on any atom is -0.358 e. The maximum Gasteiger partial charge on any atom is 0.0464 e. The summed E-state index contributed by atoms with van der Waals surface area (Å²) in [6.45, 7) is 13.4. The summed E-state index contributed by atoms with van der Waals surface area (Å²) in [6.07, 6.45) is 13.0. The lowest BCUT2D eigenvalue weighted by Gasteiger charge is -2.24. The van der Waals surface area contributed by atoms with Crippen LogP contribution in [0.2, 0.25) is 0 Å². The van der Waals surface area contributed by atoms with Crippen molar-refractivity contribution < 1.29 is 0 Å². The first-order valence-corrected chi connectivity index (χ1v) is 11.1. The van der Waals surface area contributed by atoms with Crippen molar-refractivity contribution in [2.45, 2.75) is 58.8 Å². The van der Waals surface area contributed by atoms with Gasteiger partial charge in [-0.1, -0.05) is 68.5 Å². The molecule has 1 N–H and O–H groups in total. The zero-order chi connectivity index (χ0) is 21.3. The predicted octanol–water partition coefficient (Wildman–Crippen LogP) is 8.40. The molecule has 0 aromatic heterocycles. The van der Waals surface area contributed by atoms with Crippen molar-refractivity contribution in [2.75, 3.05) is 5.32 Å². The Bertz CT molecular complexity index is 1080. The molecular formula is C29H33N. The molecule has 0 aliphatic heterocycles. The maximum absolute atomic E-state index is 4.48. The van der Waals surface area contributed by atoms with E-state index in [1.54, 1.807) is 0 Å². The molecule has 0 heterocycles. The highest BCUT2D eigenvalue weighted by Gasteiger charge is 2.36. The molecule has 0 radical (unpaired) electrons. The van der Waals surface area contributed by atoms with Gasteiger partial charge in [0.1, 0.15) is 0 Å². The van der Waals surface area contributed by atoms with Crippen molar-refractivity contribution in [3.63, 3.8) is 0 Å². The van der Waals surface area contributed by atoms with Crippen LogP contribution in [-0.4, -0.2) is 0 Å². The summed E-state index contributed by atoms with van der Waals surface area (Å²) in [4.78, 5) is 0. The van der Waals surface area contributed by atoms with Crippen LogP contribution < -0.4 is 5.32 Å². The number of hydrogen-bond acceptors (Lipinski definition) is 1. The van der Waals surface area contributed by atoms with Crippen LogP contribution in [0.15, 0.2) is 78.6 Å². The van der Waals surface area contributed by atoms with Crippen molar-refractivity contribution in [1.29, 1.82) is 0 Å². The van der Waals surface area contributed by atoms with Gasteiger partial charge in [-0.05, 0) is 85.6 Å². The molecule has 30 heavy (non-hydrogen) atoms. The van der Waals surface area contributed by atoms with Gasteiger partial charge in [0.25, 0.3) is 0 Å². The third-order valence-electron chi connectivity index (χ3n) is 6.60. The van der Waals surface area contributed by atoms with Crippen LogP contribution in [0, 0.1) is 0 Å². The molecule has 0 amide bonds. The molecule has 2 aliphatic rings. The fraction of sp³-hybridized carbons (Fsp3) is 0.310. The van der Waals surface area contributed by atoms with Crippen LogP contribution >= 0.6 is 0 Å². The number of anilines is 1. The second-order valence-electron chi connectivity index (χ2n) is 9.16. The van der Waals surface area contributed by atoms with Crippen molar-refractivity contribution in [3.8, 4) is 11.1 Å². The van der Waals surface area contributed by atoms with E-state index < -0.39 is 0 Å². The van der Waals surface area contributed by atoms with Crippen LogP contribution in [0.1, 0.15) is 70.1 Å². The Morgan fingerprint density at radius 2 is 1.87 bits per heavy atom. The van der Waals surface area contributed by atoms with Crippen molar-refractivity contribution in [3.05, 3.63) is 95.2 Å². The third kappa shape index (κ3) is 3.69. The molecule has 0 unspecified atom stereocenters. The fourth-order valence-electron chi connectivity index (χ4n) is 4.72. The number of benzene rings is 2. The number of nitrogens with one attached hydrogen (secondary N) is 1. The smallest absolute Gasteiger partial charge is 0.0464 e. The third-order valence-corrected chi connectivity index (χ3v) is 6.60. The standard InChI is InChI=1S/C29H33N/c1-6-7-8-11-21(3)24-18-27-25(23-12-9-10-13-26(23)29(27,4)5)19-28(24)30-22-16-14-20(2)15-17-22/h6-7,9-10,12-14,16,18-19,30H,3,8,11,15,17H2,1-2,4-5H3/b7-6-. The summed E-state index contributed by atoms with van der Waals surface area (Å²) in [5, 5.41) is 3.77. The molecule has 0 fully saturated rings. The highest BCUT2D eigenvalue weighted by atomic mass is 14.9. The Hall–Kier alpha value is -2.80. The number of allylic oxidation sites excluding steroid dienone is 7. The summed E-state index contributed by atoms with van der Waals surface area (Å²) in [5.74, 6) is 0. The van der Waals surface area contributed by atoms with Crippen molar-refractivity contribution >= 4 is 11.3 Å². The van der Waals surface area contributed by atoms with Crippen LogP contribution in [0.5, 0.6) is 0 Å². The molecule has 2 aliphatic carbocycles. The Morgan fingerprint density at radius 1 is 1.07 bits per heavy atom. The van der Waals surface area contributed by atoms with Crippen molar-refractivity contribution in [2.24, 2.45) is 0 Å². The molecule has 0 saturated carbocycles. The molecule has 1 heteroatoms. The first kappa shape index (κ1) is 20.5. The Balaban J connectivity index is 1.81. The van der Waals surface area contributed by atoms with Gasteiger partial charge >= 0.3 is 0 Å². The van der Waals surface area contributed by atoms with E-state index in [0.29, 0.717) is 0 Å². The van der Waals surface area contributed by atoms with Crippen LogP contribution in [-0.2, 0) is 5.41 Å². The summed E-state index contributed by atoms with van der Waals surface area (Å²) < 4.78 is 0. The molecule has 0 spiro atoms. The van der Waals surface area contributed by atoms with E-state index in [-0.39, 0.29) is 5.41 Å². The summed E-state index contributed by atoms with van der Waals surface area (Å²) >= 11 is 0. The van der Waals surface area contributed by atoms with E-state index >= 15 is 0 Å². The summed E-state index contributed by atoms with van der Waals surface area (Å²) in [7, 11) is 0. The average molecular weight is 396 g/mol. The van der Waals surface area contributed by atoms with Gasteiger partial charge < -0.3 is 5.32 Å². The zero-order valence-electron chi connectivity index (χ0n) is 18.8. The molecule has 154 valence electrons. The normalized spacial score (nSPS) is 16.7. The van der Waals surface area contributed by atoms with E-state index in [1.807, 2.05) is 0 Å². The second kappa shape index (κ2) is 8.14. The van der Waals surface area contributed by atoms with Crippen LogP contribution in [0.3, 0.4) is 0 Å². The van der Waals surface area contributed by atoms with Crippen molar-refractivity contribution in [1.82, 2.24) is 0 Å². The van der Waals surface area contributed by atoms with E-state index in [9.17, 15) is 0 Å². The lowest BCUT2D eigenvalue weighted by Crippen LogP contribution is -2.15. The molecule has 0 saturated heterocycles. The predicted molar refractivity (Wildman–Crippen MR) is 132 cm³/mol. The van der Waals surface area contributed by atoms with Gasteiger partial charge in [0.05, 0.1) is 0 Å². The van der Waals surface area contributed by atoms with E-state index in [0.717, 1.165) is 25.7 Å². The summed E-state index contributed by atoms with van der Waals surface area (Å²) in [6, 6.07) is 13.6. The molecule has 2 aromatic rings. The second-order valence-corrected chi connectivity index (χ2v) is 9.16. The quantitative estimate of drug-likeness (QED) is 0.484. The van der Waals surface area contributed by atoms with E-state index in [4.69, 9.17) is 0 Å². The highest BCUT2D eigenvalue weighted by molar-refractivity contribution is 5.88. The lowest BCUT2D eigenvalue weighted by molar-refractivity contribution is 0.660. The maximum atomic E-state index is 4.48. The van der Waals surface area contributed by atoms with Gasteiger partial charge in [0, 0.05) is 22.4 Å². The Kier molecular flexibility index (Phi) is 5.56. The van der Waals surface area contributed by atoms with Crippen LogP contribution in [0.4, 0.5) is 5.69 Å². The zero-order valence-corrected chi connectivity index (χ0v) is 18.8. The lowest BCUT2D eigenvalue weighted by atomic mass is 9.81. The number of rotatable bonds is 6. The molecule has 2 aromatic carbocycles. The Morgan fingerprint density at radius 3 is 2.60 bits per heavy atom. The first-order valence-electron chi connectivity index (χ1n) is 11.1. The van der Waals surface area contributed by atoms with Gasteiger partial charge in [0.15, 0.2) is 0 Å². The highest BCUT2D eigenvalue weighted by Crippen LogP contribution is 2.51. The fourth-order valence-corrected chi connectivity index (χ4v) is 4.72. The Labute approximate surface area is 181 Å². The number of hydrogen-bond donors (Lipinski definition) is 1. The SMILES string of the molecule is C=C(CC/C=C\C)c1cc2c(cc1NC1=CC=C(C)CC1)-c1ccccc1C2(C)C. The minimum absolute atomic E-state index is 0.00671.